The Morgan fingerprint density at radius 3 is 2.55 bits per heavy atom. The molecule has 5 heteroatoms. The lowest BCUT2D eigenvalue weighted by Gasteiger charge is -1.97. The summed E-state index contributed by atoms with van der Waals surface area (Å²) < 4.78 is 0. The van der Waals surface area contributed by atoms with Crippen LogP contribution in [0.3, 0.4) is 0 Å². The second-order valence-electron chi connectivity index (χ2n) is 2.04. The second kappa shape index (κ2) is 2.45. The van der Waals surface area contributed by atoms with Crippen LogP contribution in [-0.2, 0) is 0 Å². The molecule has 0 radical (unpaired) electrons. The van der Waals surface area contributed by atoms with Gasteiger partial charge in [0.15, 0.2) is 6.29 Å². The highest BCUT2D eigenvalue weighted by Crippen LogP contribution is 2.05. The van der Waals surface area contributed by atoms with Crippen molar-refractivity contribution in [3.8, 4) is 0 Å². The van der Waals surface area contributed by atoms with Gasteiger partial charge in [0.25, 0.3) is 5.56 Å². The molecule has 1 rings (SSSR count). The van der Waals surface area contributed by atoms with Crippen LogP contribution in [-0.4, -0.2) is 11.3 Å². The van der Waals surface area contributed by atoms with E-state index in [1.54, 1.807) is 0 Å². The van der Waals surface area contributed by atoms with Crippen molar-refractivity contribution >= 4 is 17.8 Å². The molecule has 0 aliphatic rings. The highest BCUT2D eigenvalue weighted by molar-refractivity contribution is 5.83. The van der Waals surface area contributed by atoms with Gasteiger partial charge in [0, 0.05) is 6.07 Å². The summed E-state index contributed by atoms with van der Waals surface area (Å²) >= 11 is 0. The smallest absolute Gasteiger partial charge is 0.262 e. The minimum atomic E-state index is -0.558. The third kappa shape index (κ3) is 1.21. The fraction of sp³-hybridized carbons (Fsp3) is 0. The molecule has 11 heavy (non-hydrogen) atoms. The molecule has 0 amide bonds. The van der Waals surface area contributed by atoms with Crippen molar-refractivity contribution in [2.75, 3.05) is 11.5 Å². The van der Waals surface area contributed by atoms with Crippen LogP contribution in [0.1, 0.15) is 10.4 Å². The standard InChI is InChI=1S/C6H7N3O2/c7-4-1-5(8)9-6(11)3(4)2-10/h1-2H,(H5,7,8,9,11). The normalized spacial score (nSPS) is 9.45. The molecule has 0 aliphatic heterocycles. The first-order valence-electron chi connectivity index (χ1n) is 2.88. The third-order valence-electron chi connectivity index (χ3n) is 1.24. The minimum Gasteiger partial charge on any atom is -0.398 e. The number of hydrogen-bond acceptors (Lipinski definition) is 4. The Balaban J connectivity index is 3.49. The molecule has 0 bridgehead atoms. The topological polar surface area (TPSA) is 102 Å². The summed E-state index contributed by atoms with van der Waals surface area (Å²) in [6, 6.07) is 1.32. The van der Waals surface area contributed by atoms with Gasteiger partial charge < -0.3 is 16.5 Å². The number of hydrogen-bond donors (Lipinski definition) is 3. The van der Waals surface area contributed by atoms with Crippen LogP contribution in [0.25, 0.3) is 0 Å². The van der Waals surface area contributed by atoms with E-state index in [1.165, 1.54) is 6.07 Å². The number of anilines is 2. The van der Waals surface area contributed by atoms with E-state index in [1.807, 2.05) is 0 Å². The maximum atomic E-state index is 10.8. The van der Waals surface area contributed by atoms with Crippen molar-refractivity contribution in [3.05, 3.63) is 22.0 Å². The predicted molar refractivity (Wildman–Crippen MR) is 41.3 cm³/mol. The lowest BCUT2D eigenvalue weighted by atomic mass is 10.2. The summed E-state index contributed by atoms with van der Waals surface area (Å²) in [5.74, 6) is 0.151. The summed E-state index contributed by atoms with van der Waals surface area (Å²) in [4.78, 5) is 23.3. The quantitative estimate of drug-likeness (QED) is 0.466. The van der Waals surface area contributed by atoms with Crippen molar-refractivity contribution in [2.45, 2.75) is 0 Å². The number of nitrogen functional groups attached to an aromatic ring is 2. The average Bonchev–Trinajstić information content (AvgIpc) is 1.85. The van der Waals surface area contributed by atoms with Crippen LogP contribution >= 0.6 is 0 Å². The zero-order valence-corrected chi connectivity index (χ0v) is 5.63. The molecule has 5 N–H and O–H groups in total. The van der Waals surface area contributed by atoms with E-state index in [0.29, 0.717) is 6.29 Å². The van der Waals surface area contributed by atoms with Gasteiger partial charge >= 0.3 is 0 Å². The minimum absolute atomic E-state index is 0.0841. The molecule has 0 aromatic carbocycles. The van der Waals surface area contributed by atoms with Crippen molar-refractivity contribution in [2.24, 2.45) is 0 Å². The Labute approximate surface area is 62.0 Å². The first-order chi connectivity index (χ1) is 5.15. The number of H-pyrrole nitrogens is 1. The van der Waals surface area contributed by atoms with Gasteiger partial charge in [0.1, 0.15) is 11.4 Å². The molecule has 0 unspecified atom stereocenters. The Bertz CT molecular complexity index is 342. The molecule has 0 fully saturated rings. The first kappa shape index (κ1) is 7.33. The van der Waals surface area contributed by atoms with Gasteiger partial charge in [-0.3, -0.25) is 9.59 Å². The fourth-order valence-corrected chi connectivity index (χ4v) is 0.732. The molecule has 0 aliphatic carbocycles. The number of aldehydes is 1. The van der Waals surface area contributed by atoms with Crippen LogP contribution in [0, 0.1) is 0 Å². The van der Waals surface area contributed by atoms with E-state index < -0.39 is 5.56 Å². The van der Waals surface area contributed by atoms with Crippen molar-refractivity contribution < 1.29 is 4.79 Å². The lowest BCUT2D eigenvalue weighted by Crippen LogP contribution is -2.16. The van der Waals surface area contributed by atoms with Gasteiger partial charge in [0.05, 0.1) is 5.69 Å². The van der Waals surface area contributed by atoms with Gasteiger partial charge in [0.2, 0.25) is 0 Å². The van der Waals surface area contributed by atoms with Gasteiger partial charge in [-0.05, 0) is 0 Å². The number of carbonyl (C=O) groups excluding carboxylic acids is 1. The second-order valence-corrected chi connectivity index (χ2v) is 2.04. The van der Waals surface area contributed by atoms with Gasteiger partial charge in [-0.15, -0.1) is 0 Å². The predicted octanol–water partition coefficient (Wildman–Crippen LogP) is -0.648. The van der Waals surface area contributed by atoms with Gasteiger partial charge in [-0.25, -0.2) is 0 Å². The van der Waals surface area contributed by atoms with Crippen molar-refractivity contribution in [3.63, 3.8) is 0 Å². The molecule has 0 spiro atoms. The van der Waals surface area contributed by atoms with Crippen molar-refractivity contribution in [1.29, 1.82) is 0 Å². The Kier molecular flexibility index (Phi) is 1.63. The van der Waals surface area contributed by atoms with E-state index in [-0.39, 0.29) is 17.1 Å². The molecular formula is C6H7N3O2. The largest absolute Gasteiger partial charge is 0.398 e. The summed E-state index contributed by atoms with van der Waals surface area (Å²) in [5, 5.41) is 0. The summed E-state index contributed by atoms with van der Waals surface area (Å²) in [7, 11) is 0. The average molecular weight is 153 g/mol. The molecule has 1 heterocycles. The van der Waals surface area contributed by atoms with E-state index in [9.17, 15) is 9.59 Å². The van der Waals surface area contributed by atoms with Gasteiger partial charge in [-0.2, -0.15) is 0 Å². The molecule has 1 aromatic rings. The van der Waals surface area contributed by atoms with Crippen LogP contribution in [0.4, 0.5) is 11.5 Å². The lowest BCUT2D eigenvalue weighted by molar-refractivity contribution is 0.112. The van der Waals surface area contributed by atoms with Crippen LogP contribution in [0.2, 0.25) is 0 Å². The van der Waals surface area contributed by atoms with Crippen LogP contribution in [0.5, 0.6) is 0 Å². The Morgan fingerprint density at radius 1 is 1.45 bits per heavy atom. The van der Waals surface area contributed by atoms with E-state index >= 15 is 0 Å². The summed E-state index contributed by atoms with van der Waals surface area (Å²) in [6.07, 6.45) is 0.396. The zero-order chi connectivity index (χ0) is 8.43. The molecule has 0 saturated heterocycles. The monoisotopic (exact) mass is 153 g/mol. The van der Waals surface area contributed by atoms with E-state index in [0.717, 1.165) is 0 Å². The molecule has 1 aromatic heterocycles. The Morgan fingerprint density at radius 2 is 2.09 bits per heavy atom. The zero-order valence-electron chi connectivity index (χ0n) is 5.63. The summed E-state index contributed by atoms with van der Waals surface area (Å²) in [6.45, 7) is 0. The number of aromatic amines is 1. The first-order valence-corrected chi connectivity index (χ1v) is 2.88. The van der Waals surface area contributed by atoms with E-state index in [4.69, 9.17) is 11.5 Å². The van der Waals surface area contributed by atoms with Crippen LogP contribution < -0.4 is 17.0 Å². The highest BCUT2D eigenvalue weighted by atomic mass is 16.1. The maximum Gasteiger partial charge on any atom is 0.262 e. The number of carbonyl (C=O) groups is 1. The Hall–Kier alpha value is -1.78. The number of aromatic nitrogens is 1. The molecule has 0 saturated carbocycles. The number of rotatable bonds is 1. The van der Waals surface area contributed by atoms with E-state index in [2.05, 4.69) is 4.98 Å². The molecule has 0 atom stereocenters. The van der Waals surface area contributed by atoms with Crippen LogP contribution in [0.15, 0.2) is 10.9 Å². The number of nitrogens with two attached hydrogens (primary N) is 2. The third-order valence-corrected chi connectivity index (χ3v) is 1.24. The maximum absolute atomic E-state index is 10.8. The summed E-state index contributed by atoms with van der Waals surface area (Å²) in [5.41, 5.74) is 9.99. The molecule has 58 valence electrons. The fourth-order valence-electron chi connectivity index (χ4n) is 0.732. The molecular weight excluding hydrogens is 146 g/mol. The highest BCUT2D eigenvalue weighted by Gasteiger charge is 2.02. The van der Waals surface area contributed by atoms with Crippen molar-refractivity contribution in [1.82, 2.24) is 4.98 Å². The molecule has 5 nitrogen and oxygen atoms in total. The SMILES string of the molecule is Nc1cc(N)c(C=O)c(=O)[nH]1. The number of pyridine rings is 1. The number of nitrogens with one attached hydrogen (secondary N) is 1. The van der Waals surface area contributed by atoms with Gasteiger partial charge in [-0.1, -0.05) is 0 Å².